The fourth-order valence-electron chi connectivity index (χ4n) is 2.98. The SMILES string of the molecule is COC(=O)c1cc(S(=O)(=O)Nc2ccc(N3CCC(C)CC3)cc2)c[nH]1. The molecule has 0 bridgehead atoms. The number of piperidine rings is 1. The third-order valence-corrected chi connectivity index (χ3v) is 6.00. The van der Waals surface area contributed by atoms with E-state index in [1.54, 1.807) is 12.1 Å². The van der Waals surface area contributed by atoms with Gasteiger partial charge >= 0.3 is 5.97 Å². The minimum absolute atomic E-state index is 0.0213. The van der Waals surface area contributed by atoms with Crippen LogP contribution in [0.5, 0.6) is 0 Å². The molecule has 7 nitrogen and oxygen atoms in total. The molecule has 0 aliphatic carbocycles. The van der Waals surface area contributed by atoms with Gasteiger partial charge in [0.05, 0.1) is 7.11 Å². The van der Waals surface area contributed by atoms with Crippen LogP contribution in [0.4, 0.5) is 11.4 Å². The van der Waals surface area contributed by atoms with Crippen LogP contribution in [0, 0.1) is 5.92 Å². The summed E-state index contributed by atoms with van der Waals surface area (Å²) >= 11 is 0. The quantitative estimate of drug-likeness (QED) is 0.782. The van der Waals surface area contributed by atoms with E-state index in [0.29, 0.717) is 5.69 Å². The fraction of sp³-hybridized carbons (Fsp3) is 0.389. The predicted octanol–water partition coefficient (Wildman–Crippen LogP) is 2.84. The third kappa shape index (κ3) is 4.01. The third-order valence-electron chi connectivity index (χ3n) is 4.64. The molecule has 0 radical (unpaired) electrons. The average Bonchev–Trinajstić information content (AvgIpc) is 3.13. The second-order valence-electron chi connectivity index (χ2n) is 6.56. The molecule has 3 rings (SSSR count). The molecule has 0 saturated carbocycles. The Kier molecular flexibility index (Phi) is 5.22. The molecule has 8 heteroatoms. The number of hydrogen-bond donors (Lipinski definition) is 2. The molecule has 1 saturated heterocycles. The largest absolute Gasteiger partial charge is 0.464 e. The lowest BCUT2D eigenvalue weighted by Crippen LogP contribution is -2.32. The highest BCUT2D eigenvalue weighted by Crippen LogP contribution is 2.25. The van der Waals surface area contributed by atoms with Crippen molar-refractivity contribution in [2.75, 3.05) is 29.8 Å². The van der Waals surface area contributed by atoms with E-state index >= 15 is 0 Å². The Morgan fingerprint density at radius 3 is 2.50 bits per heavy atom. The zero-order valence-electron chi connectivity index (χ0n) is 14.9. The maximum atomic E-state index is 12.5. The minimum atomic E-state index is -3.78. The highest BCUT2D eigenvalue weighted by molar-refractivity contribution is 7.92. The Balaban J connectivity index is 1.70. The second-order valence-corrected chi connectivity index (χ2v) is 8.24. The second kappa shape index (κ2) is 7.41. The van der Waals surface area contributed by atoms with Gasteiger partial charge in [-0.25, -0.2) is 13.2 Å². The van der Waals surface area contributed by atoms with Gasteiger partial charge < -0.3 is 14.6 Å². The number of methoxy groups -OCH3 is 1. The molecule has 1 aromatic carbocycles. The highest BCUT2D eigenvalue weighted by Gasteiger charge is 2.20. The van der Waals surface area contributed by atoms with Crippen LogP contribution in [0.15, 0.2) is 41.4 Å². The molecule has 1 aliphatic heterocycles. The van der Waals surface area contributed by atoms with Gasteiger partial charge in [0.2, 0.25) is 0 Å². The lowest BCUT2D eigenvalue weighted by atomic mass is 9.99. The minimum Gasteiger partial charge on any atom is -0.464 e. The molecule has 2 N–H and O–H groups in total. The smallest absolute Gasteiger partial charge is 0.354 e. The number of esters is 1. The van der Waals surface area contributed by atoms with Gasteiger partial charge in [0.25, 0.3) is 10.0 Å². The number of carbonyl (C=O) groups excluding carboxylic acids is 1. The molecule has 2 heterocycles. The predicted molar refractivity (Wildman–Crippen MR) is 100.0 cm³/mol. The van der Waals surface area contributed by atoms with E-state index in [9.17, 15) is 13.2 Å². The van der Waals surface area contributed by atoms with Crippen LogP contribution in [0.25, 0.3) is 0 Å². The van der Waals surface area contributed by atoms with Crippen molar-refractivity contribution in [2.24, 2.45) is 5.92 Å². The molecular weight excluding hydrogens is 354 g/mol. The molecule has 1 aliphatic rings. The average molecular weight is 377 g/mol. The van der Waals surface area contributed by atoms with Crippen molar-refractivity contribution in [1.82, 2.24) is 4.98 Å². The summed E-state index contributed by atoms with van der Waals surface area (Å²) in [4.78, 5) is 16.3. The lowest BCUT2D eigenvalue weighted by molar-refractivity contribution is 0.0594. The summed E-state index contributed by atoms with van der Waals surface area (Å²) < 4.78 is 32.0. The van der Waals surface area contributed by atoms with Crippen LogP contribution in [0.3, 0.4) is 0 Å². The number of rotatable bonds is 5. The maximum absolute atomic E-state index is 12.5. The molecule has 26 heavy (non-hydrogen) atoms. The molecule has 140 valence electrons. The summed E-state index contributed by atoms with van der Waals surface area (Å²) in [6.45, 7) is 4.31. The molecule has 0 amide bonds. The van der Waals surface area contributed by atoms with Crippen LogP contribution < -0.4 is 9.62 Å². The molecule has 0 spiro atoms. The topological polar surface area (TPSA) is 91.5 Å². The molecule has 1 aromatic heterocycles. The molecule has 0 unspecified atom stereocenters. The monoisotopic (exact) mass is 377 g/mol. The van der Waals surface area contributed by atoms with Gasteiger partial charge in [-0.05, 0) is 49.1 Å². The van der Waals surface area contributed by atoms with Gasteiger partial charge in [-0.15, -0.1) is 0 Å². The summed E-state index contributed by atoms with van der Waals surface area (Å²) in [6, 6.07) is 8.59. The van der Waals surface area contributed by atoms with Gasteiger partial charge in [0.1, 0.15) is 10.6 Å². The van der Waals surface area contributed by atoms with Gasteiger partial charge in [-0.2, -0.15) is 0 Å². The number of benzene rings is 1. The molecular formula is C18H23N3O4S. The van der Waals surface area contributed by atoms with E-state index in [2.05, 4.69) is 26.3 Å². The Morgan fingerprint density at radius 1 is 1.23 bits per heavy atom. The first-order chi connectivity index (χ1) is 12.4. The van der Waals surface area contributed by atoms with E-state index in [0.717, 1.165) is 24.7 Å². The zero-order chi connectivity index (χ0) is 18.7. The lowest BCUT2D eigenvalue weighted by Gasteiger charge is -2.32. The first kappa shape index (κ1) is 18.3. The molecule has 2 aromatic rings. The summed E-state index contributed by atoms with van der Waals surface area (Å²) in [5.74, 6) is 0.139. The van der Waals surface area contributed by atoms with E-state index in [1.807, 2.05) is 12.1 Å². The number of carbonyl (C=O) groups is 1. The van der Waals surface area contributed by atoms with Crippen LogP contribution in [0.1, 0.15) is 30.3 Å². The van der Waals surface area contributed by atoms with Gasteiger partial charge in [0, 0.05) is 30.7 Å². The summed E-state index contributed by atoms with van der Waals surface area (Å²) in [5, 5.41) is 0. The van der Waals surface area contributed by atoms with Crippen molar-refractivity contribution in [1.29, 1.82) is 0 Å². The normalized spacial score (nSPS) is 15.7. The summed E-state index contributed by atoms with van der Waals surface area (Å²) in [5.41, 5.74) is 1.65. The van der Waals surface area contributed by atoms with Crippen molar-refractivity contribution in [2.45, 2.75) is 24.7 Å². The first-order valence-corrected chi connectivity index (χ1v) is 10.0. The highest BCUT2D eigenvalue weighted by atomic mass is 32.2. The number of nitrogens with zero attached hydrogens (tertiary/aromatic N) is 1. The van der Waals surface area contributed by atoms with Crippen molar-refractivity contribution in [3.8, 4) is 0 Å². The van der Waals surface area contributed by atoms with Gasteiger partial charge in [-0.3, -0.25) is 4.72 Å². The Labute approximate surface area is 153 Å². The Morgan fingerprint density at radius 2 is 1.88 bits per heavy atom. The number of nitrogens with one attached hydrogen (secondary N) is 2. The van der Waals surface area contributed by atoms with E-state index in [-0.39, 0.29) is 10.6 Å². The number of sulfonamides is 1. The van der Waals surface area contributed by atoms with Crippen molar-refractivity contribution < 1.29 is 17.9 Å². The van der Waals surface area contributed by atoms with E-state index in [4.69, 9.17) is 0 Å². The van der Waals surface area contributed by atoms with Crippen molar-refractivity contribution in [3.05, 3.63) is 42.2 Å². The summed E-state index contributed by atoms with van der Waals surface area (Å²) in [6.07, 6.45) is 3.60. The van der Waals surface area contributed by atoms with E-state index in [1.165, 1.54) is 32.2 Å². The van der Waals surface area contributed by atoms with Crippen molar-refractivity contribution >= 4 is 27.4 Å². The Bertz CT molecular complexity index is 866. The van der Waals surface area contributed by atoms with Crippen LogP contribution in [0.2, 0.25) is 0 Å². The van der Waals surface area contributed by atoms with E-state index < -0.39 is 16.0 Å². The van der Waals surface area contributed by atoms with Gasteiger partial charge in [0.15, 0.2) is 0 Å². The fourth-order valence-corrected chi connectivity index (χ4v) is 4.03. The standard InChI is InChI=1S/C18H23N3O4S/c1-13-7-9-21(10-8-13)15-5-3-14(4-6-15)20-26(23,24)16-11-17(19-12-16)18(22)25-2/h3-6,11-13,19-20H,7-10H2,1-2H3. The zero-order valence-corrected chi connectivity index (χ0v) is 15.7. The maximum Gasteiger partial charge on any atom is 0.354 e. The first-order valence-electron chi connectivity index (χ1n) is 8.53. The van der Waals surface area contributed by atoms with Crippen LogP contribution in [-0.2, 0) is 14.8 Å². The molecule has 1 fully saturated rings. The number of ether oxygens (including phenoxy) is 1. The number of anilines is 2. The Hall–Kier alpha value is -2.48. The van der Waals surface area contributed by atoms with Crippen LogP contribution >= 0.6 is 0 Å². The number of aromatic nitrogens is 1. The number of hydrogen-bond acceptors (Lipinski definition) is 5. The summed E-state index contributed by atoms with van der Waals surface area (Å²) in [7, 11) is -2.55. The van der Waals surface area contributed by atoms with Crippen LogP contribution in [-0.4, -0.2) is 39.6 Å². The van der Waals surface area contributed by atoms with Crippen molar-refractivity contribution in [3.63, 3.8) is 0 Å². The molecule has 0 atom stereocenters. The number of aromatic amines is 1. The number of H-pyrrole nitrogens is 1. The van der Waals surface area contributed by atoms with Gasteiger partial charge in [-0.1, -0.05) is 6.92 Å².